The topological polar surface area (TPSA) is 120 Å². The quantitative estimate of drug-likeness (QED) is 0.548. The first-order chi connectivity index (χ1) is 16.8. The molecular formula is C24H28N2O8S2. The highest BCUT2D eigenvalue weighted by Gasteiger charge is 2.35. The molecule has 0 saturated heterocycles. The summed E-state index contributed by atoms with van der Waals surface area (Å²) in [7, 11) is -5.46. The van der Waals surface area contributed by atoms with Crippen LogP contribution < -0.4 is 9.47 Å². The fourth-order valence-electron chi connectivity index (χ4n) is 3.17. The Hall–Kier alpha value is -3.51. The van der Waals surface area contributed by atoms with Crippen LogP contribution in [-0.4, -0.2) is 58.7 Å². The average molecular weight is 537 g/mol. The Morgan fingerprint density at radius 1 is 0.833 bits per heavy atom. The third kappa shape index (κ3) is 5.82. The van der Waals surface area contributed by atoms with E-state index in [1.54, 1.807) is 20.8 Å². The number of nitrogens with zero attached hydrogens (tertiary/aromatic N) is 2. The van der Waals surface area contributed by atoms with Gasteiger partial charge >= 0.3 is 6.09 Å². The van der Waals surface area contributed by atoms with Gasteiger partial charge in [0.25, 0.3) is 10.0 Å². The zero-order chi connectivity index (χ0) is 26.7. The van der Waals surface area contributed by atoms with Gasteiger partial charge in [-0.1, -0.05) is 0 Å². The lowest BCUT2D eigenvalue weighted by Gasteiger charge is -2.33. The van der Waals surface area contributed by atoms with E-state index in [0.717, 1.165) is 17.3 Å². The van der Waals surface area contributed by atoms with Gasteiger partial charge in [0.05, 0.1) is 35.5 Å². The summed E-state index contributed by atoms with van der Waals surface area (Å²) in [6.07, 6.45) is 2.43. The molecule has 10 nitrogen and oxygen atoms in total. The lowest BCUT2D eigenvalue weighted by molar-refractivity contribution is 0.000386. The maximum absolute atomic E-state index is 13.5. The van der Waals surface area contributed by atoms with Crippen LogP contribution in [0.4, 0.5) is 4.79 Å². The molecule has 0 atom stereocenters. The van der Waals surface area contributed by atoms with Gasteiger partial charge < -0.3 is 14.2 Å². The molecule has 3 rings (SSSR count). The van der Waals surface area contributed by atoms with Gasteiger partial charge in [0, 0.05) is 6.20 Å². The Morgan fingerprint density at radius 2 is 1.33 bits per heavy atom. The number of carbonyl (C=O) groups is 1. The van der Waals surface area contributed by atoms with E-state index in [1.165, 1.54) is 68.8 Å². The molecule has 0 aromatic heterocycles. The van der Waals surface area contributed by atoms with Crippen molar-refractivity contribution in [3.8, 4) is 11.5 Å². The number of sulfonamides is 1. The second-order valence-electron chi connectivity index (χ2n) is 8.62. The summed E-state index contributed by atoms with van der Waals surface area (Å²) in [5.74, 6) is 0.922. The first-order valence-corrected chi connectivity index (χ1v) is 13.7. The number of amides is 1. The van der Waals surface area contributed by atoms with E-state index < -0.39 is 31.6 Å². The highest BCUT2D eigenvalue weighted by Crippen LogP contribution is 2.28. The largest absolute Gasteiger partial charge is 0.497 e. The summed E-state index contributed by atoms with van der Waals surface area (Å²) in [6, 6.07) is 11.3. The van der Waals surface area contributed by atoms with Crippen molar-refractivity contribution in [3.63, 3.8) is 0 Å². The fraction of sp³-hybridized carbons (Fsp3) is 0.292. The predicted molar refractivity (Wildman–Crippen MR) is 132 cm³/mol. The standard InChI is InChI=1S/C24H28N2O8S2/c1-24(2,3)34-23(27)25-16-14-21(35(28,29)20-10-6-18(32-4)7-11-20)15-17-26(25)36(30,31)22-12-8-19(33-5)9-13-22/h6-15,17H,16H2,1-5H3. The van der Waals surface area contributed by atoms with E-state index in [-0.39, 0.29) is 21.2 Å². The first kappa shape index (κ1) is 27.1. The fourth-order valence-corrected chi connectivity index (χ4v) is 5.78. The number of benzene rings is 2. The van der Waals surface area contributed by atoms with Crippen LogP contribution in [0.25, 0.3) is 0 Å². The van der Waals surface area contributed by atoms with Crippen LogP contribution in [0.15, 0.2) is 81.6 Å². The lowest BCUT2D eigenvalue weighted by atomic mass is 10.2. The minimum Gasteiger partial charge on any atom is -0.497 e. The number of sulfone groups is 1. The molecule has 0 spiro atoms. The molecule has 2 aromatic rings. The molecule has 12 heteroatoms. The van der Waals surface area contributed by atoms with E-state index in [4.69, 9.17) is 14.2 Å². The Bertz CT molecular complexity index is 1370. The van der Waals surface area contributed by atoms with E-state index in [0.29, 0.717) is 15.9 Å². The van der Waals surface area contributed by atoms with Crippen LogP contribution in [0.3, 0.4) is 0 Å². The van der Waals surface area contributed by atoms with Crippen LogP contribution in [0, 0.1) is 0 Å². The van der Waals surface area contributed by atoms with E-state index in [9.17, 15) is 21.6 Å². The van der Waals surface area contributed by atoms with Gasteiger partial charge in [-0.3, -0.25) is 0 Å². The number of rotatable bonds is 6. The van der Waals surface area contributed by atoms with Crippen molar-refractivity contribution in [2.45, 2.75) is 36.2 Å². The molecule has 1 heterocycles. The highest BCUT2D eigenvalue weighted by molar-refractivity contribution is 7.95. The molecule has 0 fully saturated rings. The van der Waals surface area contributed by atoms with E-state index in [1.807, 2.05) is 0 Å². The molecule has 2 aromatic carbocycles. The zero-order valence-electron chi connectivity index (χ0n) is 20.5. The number of hydrogen-bond acceptors (Lipinski definition) is 8. The lowest BCUT2D eigenvalue weighted by Crippen LogP contribution is -2.48. The summed E-state index contributed by atoms with van der Waals surface area (Å²) >= 11 is 0. The Labute approximate surface area is 211 Å². The van der Waals surface area contributed by atoms with Crippen LogP contribution in [0.5, 0.6) is 11.5 Å². The first-order valence-electron chi connectivity index (χ1n) is 10.8. The molecular weight excluding hydrogens is 508 g/mol. The van der Waals surface area contributed by atoms with Gasteiger partial charge in [-0.25, -0.2) is 18.2 Å². The molecule has 0 saturated carbocycles. The molecule has 0 radical (unpaired) electrons. The Balaban J connectivity index is 2.06. The maximum Gasteiger partial charge on any atom is 0.430 e. The van der Waals surface area contributed by atoms with Gasteiger partial charge in [-0.05, 0) is 81.5 Å². The van der Waals surface area contributed by atoms with Crippen LogP contribution in [0.1, 0.15) is 20.8 Å². The van der Waals surface area contributed by atoms with Gasteiger partial charge in [-0.15, -0.1) is 0 Å². The number of methoxy groups -OCH3 is 2. The molecule has 1 amide bonds. The number of allylic oxidation sites excluding steroid dienone is 1. The normalized spacial score (nSPS) is 14.6. The maximum atomic E-state index is 13.5. The molecule has 0 N–H and O–H groups in total. The number of hydrogen-bond donors (Lipinski definition) is 0. The van der Waals surface area contributed by atoms with Gasteiger partial charge in [0.15, 0.2) is 0 Å². The minimum absolute atomic E-state index is 0.0190. The zero-order valence-corrected chi connectivity index (χ0v) is 22.2. The number of ether oxygens (including phenoxy) is 3. The SMILES string of the molecule is COc1ccc(S(=O)(=O)C2=CCN(C(=O)OC(C)(C)C)N(S(=O)(=O)c3ccc(OC)cc3)C=C2)cc1. The average Bonchev–Trinajstić information content (AvgIpc) is 3.07. The Morgan fingerprint density at radius 3 is 1.81 bits per heavy atom. The third-order valence-electron chi connectivity index (χ3n) is 4.96. The minimum atomic E-state index is -4.33. The molecule has 1 aliphatic rings. The molecule has 0 bridgehead atoms. The molecule has 194 valence electrons. The van der Waals surface area contributed by atoms with Gasteiger partial charge in [-0.2, -0.15) is 12.8 Å². The predicted octanol–water partition coefficient (Wildman–Crippen LogP) is 3.73. The van der Waals surface area contributed by atoms with Crippen LogP contribution in [0.2, 0.25) is 0 Å². The van der Waals surface area contributed by atoms with Gasteiger partial charge in [0.1, 0.15) is 17.1 Å². The Kier molecular flexibility index (Phi) is 7.70. The van der Waals surface area contributed by atoms with Crippen molar-refractivity contribution in [2.75, 3.05) is 20.8 Å². The molecule has 0 unspecified atom stereocenters. The summed E-state index contributed by atoms with van der Waals surface area (Å²) in [4.78, 5) is 12.7. The van der Waals surface area contributed by atoms with E-state index in [2.05, 4.69) is 0 Å². The highest BCUT2D eigenvalue weighted by atomic mass is 32.2. The van der Waals surface area contributed by atoms with Crippen LogP contribution >= 0.6 is 0 Å². The molecule has 1 aliphatic heterocycles. The summed E-state index contributed by atoms with van der Waals surface area (Å²) in [6.45, 7) is 4.52. The smallest absolute Gasteiger partial charge is 0.430 e. The second kappa shape index (κ2) is 10.2. The number of carbonyl (C=O) groups excluding carboxylic acids is 1. The van der Waals surface area contributed by atoms with Crippen molar-refractivity contribution in [3.05, 3.63) is 71.8 Å². The van der Waals surface area contributed by atoms with Crippen LogP contribution in [-0.2, 0) is 24.6 Å². The van der Waals surface area contributed by atoms with Crippen molar-refractivity contribution in [1.82, 2.24) is 9.42 Å². The van der Waals surface area contributed by atoms with E-state index >= 15 is 0 Å². The third-order valence-corrected chi connectivity index (χ3v) is 8.45. The van der Waals surface area contributed by atoms with Gasteiger partial charge in [0.2, 0.25) is 9.84 Å². The van der Waals surface area contributed by atoms with Crippen molar-refractivity contribution in [2.24, 2.45) is 0 Å². The summed E-state index contributed by atoms with van der Waals surface area (Å²) in [5.41, 5.74) is -0.926. The van der Waals surface area contributed by atoms with Crippen molar-refractivity contribution >= 4 is 26.0 Å². The summed E-state index contributed by atoms with van der Waals surface area (Å²) in [5, 5.41) is 0.817. The van der Waals surface area contributed by atoms with Crippen molar-refractivity contribution < 1.29 is 35.8 Å². The molecule has 36 heavy (non-hydrogen) atoms. The number of hydrazine groups is 1. The molecule has 0 aliphatic carbocycles. The van der Waals surface area contributed by atoms with Crippen molar-refractivity contribution in [1.29, 1.82) is 0 Å². The summed E-state index contributed by atoms with van der Waals surface area (Å²) < 4.78 is 69.8. The monoisotopic (exact) mass is 536 g/mol. The second-order valence-corrected chi connectivity index (χ2v) is 12.4.